The number of benzene rings is 13. The van der Waals surface area contributed by atoms with Gasteiger partial charge in [0.05, 0.1) is 11.0 Å². The van der Waals surface area contributed by atoms with Crippen LogP contribution in [0.2, 0.25) is 0 Å². The molecule has 1 heterocycles. The lowest BCUT2D eigenvalue weighted by Gasteiger charge is -2.28. The Hall–Kier alpha value is -9.76. The molecule has 0 N–H and O–H groups in total. The van der Waals surface area contributed by atoms with Gasteiger partial charge in [-0.2, -0.15) is 0 Å². The van der Waals surface area contributed by atoms with E-state index in [1.807, 2.05) is 0 Å². The standard InChI is InChI=1S/C75H52N2/c1-75(2)69-47-56(74-65-28-16-14-26-63(65)73(64-27-15-17-29-66(64)74)55-31-30-51-22-12-13-23-52(51)44-55)32-40-61(69)62-41-39-60(48-70(62)75)76(57-24-10-5-11-25-57)58-35-37-59(38-36-58)77-71-42-33-53(49-18-6-3-7-19-49)45-67(71)68-46-54(34-43-72(68)77)50-20-8-4-9-21-50/h3-48H,1-2H3. The van der Waals surface area contributed by atoms with Gasteiger partial charge in [0.15, 0.2) is 0 Å². The number of rotatable bonds is 8. The van der Waals surface area contributed by atoms with Gasteiger partial charge in [0, 0.05) is 38.9 Å². The summed E-state index contributed by atoms with van der Waals surface area (Å²) in [6, 6.07) is 103. The first-order chi connectivity index (χ1) is 37.9. The molecule has 0 unspecified atom stereocenters. The fourth-order valence-corrected chi connectivity index (χ4v) is 12.8. The molecule has 0 atom stereocenters. The predicted octanol–water partition coefficient (Wildman–Crippen LogP) is 20.7. The van der Waals surface area contributed by atoms with Gasteiger partial charge < -0.3 is 9.47 Å². The van der Waals surface area contributed by atoms with E-state index in [1.165, 1.54) is 121 Å². The normalized spacial score (nSPS) is 12.6. The third-order valence-electron chi connectivity index (χ3n) is 16.5. The van der Waals surface area contributed by atoms with Crippen molar-refractivity contribution in [2.24, 2.45) is 0 Å². The number of para-hydroxylation sites is 1. The number of hydrogen-bond acceptors (Lipinski definition) is 1. The fraction of sp³-hybridized carbons (Fsp3) is 0.0400. The van der Waals surface area contributed by atoms with Crippen molar-refractivity contribution in [3.63, 3.8) is 0 Å². The van der Waals surface area contributed by atoms with Gasteiger partial charge in [0.2, 0.25) is 0 Å². The highest BCUT2D eigenvalue weighted by Crippen LogP contribution is 2.53. The number of aromatic nitrogens is 1. The molecule has 2 heteroatoms. The molecule has 0 spiro atoms. The van der Waals surface area contributed by atoms with Gasteiger partial charge in [0.25, 0.3) is 0 Å². The summed E-state index contributed by atoms with van der Waals surface area (Å²) in [5.41, 5.74) is 21.7. The summed E-state index contributed by atoms with van der Waals surface area (Å²) in [7, 11) is 0. The second-order valence-corrected chi connectivity index (χ2v) is 21.2. The summed E-state index contributed by atoms with van der Waals surface area (Å²) in [6.07, 6.45) is 0. The average Bonchev–Trinajstić information content (AvgIpc) is 4.03. The van der Waals surface area contributed by atoms with Crippen LogP contribution in [0.3, 0.4) is 0 Å². The van der Waals surface area contributed by atoms with Crippen LogP contribution in [0.1, 0.15) is 25.0 Å². The zero-order valence-electron chi connectivity index (χ0n) is 43.0. The summed E-state index contributed by atoms with van der Waals surface area (Å²) < 4.78 is 2.43. The molecule has 0 saturated heterocycles. The maximum Gasteiger partial charge on any atom is 0.0541 e. The van der Waals surface area contributed by atoms with Crippen molar-refractivity contribution in [3.05, 3.63) is 290 Å². The highest BCUT2D eigenvalue weighted by atomic mass is 15.1. The molecule has 0 saturated carbocycles. The zero-order valence-corrected chi connectivity index (χ0v) is 43.0. The molecular weight excluding hydrogens is 929 g/mol. The Kier molecular flexibility index (Phi) is 10.3. The summed E-state index contributed by atoms with van der Waals surface area (Å²) in [5, 5.41) is 10.0. The van der Waals surface area contributed by atoms with Crippen LogP contribution in [0.15, 0.2) is 279 Å². The highest BCUT2D eigenvalue weighted by Gasteiger charge is 2.37. The van der Waals surface area contributed by atoms with Crippen molar-refractivity contribution in [3.8, 4) is 61.3 Å². The van der Waals surface area contributed by atoms with Crippen LogP contribution in [0, 0.1) is 0 Å². The Morgan fingerprint density at radius 2 is 0.714 bits per heavy atom. The molecule has 1 aromatic heterocycles. The van der Waals surface area contributed by atoms with Crippen molar-refractivity contribution >= 4 is 71.2 Å². The molecule has 1 aliphatic carbocycles. The molecule has 1 aliphatic rings. The Morgan fingerprint density at radius 1 is 0.286 bits per heavy atom. The van der Waals surface area contributed by atoms with E-state index < -0.39 is 0 Å². The van der Waals surface area contributed by atoms with Crippen molar-refractivity contribution in [1.82, 2.24) is 4.57 Å². The molecular formula is C75H52N2. The van der Waals surface area contributed by atoms with E-state index in [4.69, 9.17) is 0 Å². The lowest BCUT2D eigenvalue weighted by Crippen LogP contribution is -2.16. The summed E-state index contributed by atoms with van der Waals surface area (Å²) >= 11 is 0. The van der Waals surface area contributed by atoms with E-state index in [2.05, 4.69) is 302 Å². The Bertz CT molecular complexity index is 4470. The third kappa shape index (κ3) is 7.25. The first-order valence-corrected chi connectivity index (χ1v) is 26.8. The second kappa shape index (κ2) is 17.7. The number of anilines is 3. The minimum Gasteiger partial charge on any atom is -0.310 e. The first kappa shape index (κ1) is 44.7. The van der Waals surface area contributed by atoms with Gasteiger partial charge in [0.1, 0.15) is 0 Å². The van der Waals surface area contributed by atoms with Crippen LogP contribution in [0.5, 0.6) is 0 Å². The maximum absolute atomic E-state index is 2.49. The van der Waals surface area contributed by atoms with Crippen molar-refractivity contribution < 1.29 is 0 Å². The summed E-state index contributed by atoms with van der Waals surface area (Å²) in [6.45, 7) is 4.81. The smallest absolute Gasteiger partial charge is 0.0541 e. The minimum atomic E-state index is -0.267. The SMILES string of the molecule is CC1(C)c2cc(-c3c4ccccc4c(-c4ccc5ccccc5c4)c4ccccc34)ccc2-c2ccc(N(c3ccccc3)c3ccc(-n4c5ccc(-c6ccccc6)cc5c5cc(-c6ccccc6)ccc54)cc3)cc21. The summed E-state index contributed by atoms with van der Waals surface area (Å²) in [4.78, 5) is 2.41. The Balaban J connectivity index is 0.821. The van der Waals surface area contributed by atoms with E-state index in [0.29, 0.717) is 0 Å². The van der Waals surface area contributed by atoms with Gasteiger partial charge in [-0.25, -0.2) is 0 Å². The van der Waals surface area contributed by atoms with E-state index >= 15 is 0 Å². The zero-order chi connectivity index (χ0) is 51.2. The molecule has 2 nitrogen and oxygen atoms in total. The molecule has 0 radical (unpaired) electrons. The lowest BCUT2D eigenvalue weighted by molar-refractivity contribution is 0.660. The Morgan fingerprint density at radius 3 is 1.29 bits per heavy atom. The number of hydrogen-bond donors (Lipinski definition) is 0. The van der Waals surface area contributed by atoms with E-state index in [0.717, 1.165) is 22.7 Å². The Labute approximate surface area is 449 Å². The van der Waals surface area contributed by atoms with E-state index in [-0.39, 0.29) is 5.41 Å². The van der Waals surface area contributed by atoms with Crippen molar-refractivity contribution in [1.29, 1.82) is 0 Å². The lowest BCUT2D eigenvalue weighted by atomic mass is 9.80. The van der Waals surface area contributed by atoms with Gasteiger partial charge in [-0.15, -0.1) is 0 Å². The minimum absolute atomic E-state index is 0.267. The van der Waals surface area contributed by atoms with Crippen LogP contribution in [0.25, 0.3) is 115 Å². The van der Waals surface area contributed by atoms with Crippen LogP contribution in [-0.4, -0.2) is 4.57 Å². The van der Waals surface area contributed by atoms with Crippen LogP contribution in [0.4, 0.5) is 17.1 Å². The number of nitrogens with zero attached hydrogens (tertiary/aromatic N) is 2. The maximum atomic E-state index is 2.49. The van der Waals surface area contributed by atoms with Gasteiger partial charge >= 0.3 is 0 Å². The fourth-order valence-electron chi connectivity index (χ4n) is 12.8. The van der Waals surface area contributed by atoms with Gasteiger partial charge in [-0.3, -0.25) is 0 Å². The molecule has 0 aliphatic heterocycles. The molecule has 14 aromatic rings. The molecule has 0 fully saturated rings. The van der Waals surface area contributed by atoms with Gasteiger partial charge in [-0.1, -0.05) is 208 Å². The molecule has 13 aromatic carbocycles. The molecule has 362 valence electrons. The highest BCUT2D eigenvalue weighted by molar-refractivity contribution is 6.22. The molecule has 0 bridgehead atoms. The first-order valence-electron chi connectivity index (χ1n) is 26.8. The topological polar surface area (TPSA) is 8.17 Å². The van der Waals surface area contributed by atoms with Crippen LogP contribution >= 0.6 is 0 Å². The predicted molar refractivity (Wildman–Crippen MR) is 327 cm³/mol. The third-order valence-corrected chi connectivity index (χ3v) is 16.5. The van der Waals surface area contributed by atoms with Crippen LogP contribution < -0.4 is 4.90 Å². The quantitative estimate of drug-likeness (QED) is 0.138. The average molecular weight is 981 g/mol. The van der Waals surface area contributed by atoms with Gasteiger partial charge in [-0.05, 0) is 184 Å². The van der Waals surface area contributed by atoms with E-state index in [1.54, 1.807) is 0 Å². The second-order valence-electron chi connectivity index (χ2n) is 21.2. The molecule has 0 amide bonds. The molecule has 15 rings (SSSR count). The molecule has 77 heavy (non-hydrogen) atoms. The summed E-state index contributed by atoms with van der Waals surface area (Å²) in [5.74, 6) is 0. The monoisotopic (exact) mass is 980 g/mol. The van der Waals surface area contributed by atoms with Crippen molar-refractivity contribution in [2.75, 3.05) is 4.90 Å². The van der Waals surface area contributed by atoms with Crippen LogP contribution in [-0.2, 0) is 5.41 Å². The number of fused-ring (bicyclic) bond motifs is 9. The van der Waals surface area contributed by atoms with E-state index in [9.17, 15) is 0 Å². The van der Waals surface area contributed by atoms with Crippen molar-refractivity contribution in [2.45, 2.75) is 19.3 Å². The largest absolute Gasteiger partial charge is 0.310 e.